The number of benzene rings is 2. The highest BCUT2D eigenvalue weighted by molar-refractivity contribution is 5.49. The number of piperidine rings is 1. The Bertz CT molecular complexity index is 822. The van der Waals surface area contributed by atoms with E-state index < -0.39 is 0 Å². The molecule has 2 aromatic rings. The molecule has 0 N–H and O–H groups in total. The van der Waals surface area contributed by atoms with Crippen LogP contribution in [0.2, 0.25) is 0 Å². The Hall–Kier alpha value is -2.31. The van der Waals surface area contributed by atoms with E-state index in [9.17, 15) is 4.39 Å². The molecular weight excluding hydrogens is 381 g/mol. The van der Waals surface area contributed by atoms with Crippen molar-refractivity contribution in [2.24, 2.45) is 0 Å². The van der Waals surface area contributed by atoms with E-state index in [2.05, 4.69) is 26.8 Å². The molecule has 0 aromatic heterocycles. The van der Waals surface area contributed by atoms with Crippen LogP contribution >= 0.6 is 0 Å². The predicted molar refractivity (Wildman–Crippen MR) is 118 cm³/mol. The van der Waals surface area contributed by atoms with E-state index in [1.165, 1.54) is 18.2 Å². The molecule has 2 fully saturated rings. The lowest BCUT2D eigenvalue weighted by Crippen LogP contribution is -2.55. The number of hydrogen-bond donors (Lipinski definition) is 0. The highest BCUT2D eigenvalue weighted by Crippen LogP contribution is 2.25. The summed E-state index contributed by atoms with van der Waals surface area (Å²) in [4.78, 5) is 7.46. The molecule has 0 spiro atoms. The maximum Gasteiger partial charge on any atom is 0.127 e. The van der Waals surface area contributed by atoms with E-state index in [0.717, 1.165) is 62.8 Å². The third kappa shape index (κ3) is 4.87. The minimum absolute atomic E-state index is 0.147. The molecule has 1 atom stereocenters. The summed E-state index contributed by atoms with van der Waals surface area (Å²) >= 11 is 0. The zero-order chi connectivity index (χ0) is 20.9. The highest BCUT2D eigenvalue weighted by Gasteiger charge is 2.28. The number of ether oxygens (including phenoxy) is 2. The molecule has 2 saturated heterocycles. The second-order valence-electron chi connectivity index (χ2n) is 8.21. The molecule has 0 bridgehead atoms. The quantitative estimate of drug-likeness (QED) is 0.721. The average molecular weight is 414 g/mol. The van der Waals surface area contributed by atoms with E-state index in [-0.39, 0.29) is 5.82 Å². The fourth-order valence-electron chi connectivity index (χ4n) is 4.65. The van der Waals surface area contributed by atoms with Crippen LogP contribution in [0.1, 0.15) is 18.4 Å². The van der Waals surface area contributed by atoms with Gasteiger partial charge in [0.05, 0.1) is 14.2 Å². The summed E-state index contributed by atoms with van der Waals surface area (Å²) in [5.74, 6) is 1.47. The first-order valence-electron chi connectivity index (χ1n) is 10.8. The van der Waals surface area contributed by atoms with Crippen molar-refractivity contribution in [2.75, 3.05) is 58.4 Å². The normalized spacial score (nSPS) is 20.9. The third-order valence-corrected chi connectivity index (χ3v) is 6.40. The third-order valence-electron chi connectivity index (χ3n) is 6.40. The largest absolute Gasteiger partial charge is 0.497 e. The van der Waals surface area contributed by atoms with Gasteiger partial charge in [0, 0.05) is 56.6 Å². The molecule has 30 heavy (non-hydrogen) atoms. The fourth-order valence-corrected chi connectivity index (χ4v) is 4.65. The van der Waals surface area contributed by atoms with Crippen LogP contribution in [0.25, 0.3) is 0 Å². The van der Waals surface area contributed by atoms with Gasteiger partial charge in [0.15, 0.2) is 0 Å². The molecule has 0 radical (unpaired) electrons. The second-order valence-corrected chi connectivity index (χ2v) is 8.21. The molecule has 2 heterocycles. The molecule has 0 saturated carbocycles. The first-order chi connectivity index (χ1) is 14.7. The number of methoxy groups -OCH3 is 2. The van der Waals surface area contributed by atoms with E-state index in [1.807, 2.05) is 18.2 Å². The zero-order valence-corrected chi connectivity index (χ0v) is 18.0. The monoisotopic (exact) mass is 413 g/mol. The van der Waals surface area contributed by atoms with Crippen molar-refractivity contribution in [3.05, 3.63) is 53.8 Å². The number of anilines is 1. The first kappa shape index (κ1) is 20.9. The number of likely N-dealkylation sites (tertiary alicyclic amines) is 1. The van der Waals surface area contributed by atoms with Crippen molar-refractivity contribution in [1.82, 2.24) is 9.80 Å². The average Bonchev–Trinajstić information content (AvgIpc) is 2.81. The lowest BCUT2D eigenvalue weighted by atomic mass is 10.0. The van der Waals surface area contributed by atoms with Crippen molar-refractivity contribution in [1.29, 1.82) is 0 Å². The summed E-state index contributed by atoms with van der Waals surface area (Å²) in [7, 11) is 3.32. The van der Waals surface area contributed by atoms with E-state index >= 15 is 0 Å². The van der Waals surface area contributed by atoms with Crippen LogP contribution in [0.4, 0.5) is 10.1 Å². The lowest BCUT2D eigenvalue weighted by molar-refractivity contribution is 0.0881. The summed E-state index contributed by atoms with van der Waals surface area (Å²) in [6.07, 6.45) is 2.38. The molecular formula is C24H32FN3O2. The van der Waals surface area contributed by atoms with Crippen molar-refractivity contribution in [3.8, 4) is 11.5 Å². The van der Waals surface area contributed by atoms with Gasteiger partial charge in [-0.2, -0.15) is 0 Å². The van der Waals surface area contributed by atoms with Crippen molar-refractivity contribution in [3.63, 3.8) is 0 Å². The molecule has 2 aromatic carbocycles. The van der Waals surface area contributed by atoms with Crippen molar-refractivity contribution >= 4 is 5.69 Å². The van der Waals surface area contributed by atoms with Crippen molar-refractivity contribution in [2.45, 2.75) is 25.4 Å². The summed E-state index contributed by atoms with van der Waals surface area (Å²) in [6, 6.07) is 13.9. The first-order valence-corrected chi connectivity index (χ1v) is 10.8. The Morgan fingerprint density at radius 2 is 1.60 bits per heavy atom. The molecule has 2 aliphatic rings. The Kier molecular flexibility index (Phi) is 6.75. The molecule has 1 unspecified atom stereocenters. The van der Waals surface area contributed by atoms with Crippen LogP contribution in [0.3, 0.4) is 0 Å². The van der Waals surface area contributed by atoms with Gasteiger partial charge in [-0.3, -0.25) is 9.80 Å². The maximum absolute atomic E-state index is 14.3. The second kappa shape index (κ2) is 9.67. The highest BCUT2D eigenvalue weighted by atomic mass is 19.1. The van der Waals surface area contributed by atoms with Gasteiger partial charge < -0.3 is 14.4 Å². The Balaban J connectivity index is 1.32. The molecule has 6 heteroatoms. The summed E-state index contributed by atoms with van der Waals surface area (Å²) in [5.41, 5.74) is 1.98. The van der Waals surface area contributed by atoms with Crippen LogP contribution in [0.15, 0.2) is 42.5 Å². The van der Waals surface area contributed by atoms with E-state index in [1.54, 1.807) is 20.3 Å². The van der Waals surface area contributed by atoms with Gasteiger partial charge in [0.2, 0.25) is 0 Å². The number of piperazine rings is 1. The van der Waals surface area contributed by atoms with Crippen molar-refractivity contribution < 1.29 is 13.9 Å². The summed E-state index contributed by atoms with van der Waals surface area (Å²) < 4.78 is 24.8. The van der Waals surface area contributed by atoms with Gasteiger partial charge in [-0.25, -0.2) is 4.39 Å². The smallest absolute Gasteiger partial charge is 0.127 e. The minimum atomic E-state index is -0.147. The van der Waals surface area contributed by atoms with Gasteiger partial charge >= 0.3 is 0 Å². The fraction of sp³-hybridized carbons (Fsp3) is 0.500. The maximum atomic E-state index is 14.3. The number of nitrogens with zero attached hydrogens (tertiary/aromatic N) is 3. The molecule has 2 aliphatic heterocycles. The van der Waals surface area contributed by atoms with Gasteiger partial charge in [0.1, 0.15) is 17.3 Å². The molecule has 162 valence electrons. The van der Waals surface area contributed by atoms with Gasteiger partial charge in [-0.15, -0.1) is 0 Å². The lowest BCUT2D eigenvalue weighted by Gasteiger charge is -2.44. The Morgan fingerprint density at radius 1 is 0.900 bits per heavy atom. The van der Waals surface area contributed by atoms with E-state index in [4.69, 9.17) is 9.47 Å². The zero-order valence-electron chi connectivity index (χ0n) is 18.0. The Morgan fingerprint density at radius 3 is 2.30 bits per heavy atom. The molecule has 0 aliphatic carbocycles. The number of halogens is 1. The molecule has 5 nitrogen and oxygen atoms in total. The van der Waals surface area contributed by atoms with Gasteiger partial charge in [0.25, 0.3) is 0 Å². The van der Waals surface area contributed by atoms with Crippen LogP contribution in [0, 0.1) is 5.82 Å². The summed E-state index contributed by atoms with van der Waals surface area (Å²) in [6.45, 7) is 6.88. The predicted octanol–water partition coefficient (Wildman–Crippen LogP) is 3.63. The SMILES string of the molecule is COc1ccc(N2CCN(C3CCCN(Cc4cc(OC)ccc4F)C3)CC2)cc1. The van der Waals surface area contributed by atoms with Gasteiger partial charge in [-0.05, 0) is 61.9 Å². The number of rotatable bonds is 6. The van der Waals surface area contributed by atoms with Crippen LogP contribution < -0.4 is 14.4 Å². The van der Waals surface area contributed by atoms with E-state index in [0.29, 0.717) is 12.6 Å². The van der Waals surface area contributed by atoms with Crippen LogP contribution in [0.5, 0.6) is 11.5 Å². The van der Waals surface area contributed by atoms with Crippen LogP contribution in [-0.2, 0) is 6.54 Å². The van der Waals surface area contributed by atoms with Crippen LogP contribution in [-0.4, -0.2) is 69.3 Å². The standard InChI is InChI=1S/C24H32FN3O2/c1-29-22-7-5-20(6-8-22)27-12-14-28(15-13-27)21-4-3-11-26(18-21)17-19-16-23(30-2)9-10-24(19)25/h5-10,16,21H,3-4,11-15,17-18H2,1-2H3. The molecule has 4 rings (SSSR count). The summed E-state index contributed by atoms with van der Waals surface area (Å²) in [5, 5.41) is 0. The van der Waals surface area contributed by atoms with Gasteiger partial charge in [-0.1, -0.05) is 0 Å². The Labute approximate surface area is 179 Å². The minimum Gasteiger partial charge on any atom is -0.497 e. The molecule has 0 amide bonds. The number of hydrogen-bond acceptors (Lipinski definition) is 5. The topological polar surface area (TPSA) is 28.2 Å².